The number of aliphatic hydroxyl groups is 1. The summed E-state index contributed by atoms with van der Waals surface area (Å²) >= 11 is 1.78. The van der Waals surface area contributed by atoms with Gasteiger partial charge in [0.25, 0.3) is 0 Å². The van der Waals surface area contributed by atoms with Crippen LogP contribution in [-0.4, -0.2) is 29.9 Å². The predicted octanol–water partition coefficient (Wildman–Crippen LogP) is 0.912. The number of hydrogen-bond acceptors (Lipinski definition) is 3. The standard InChI is InChI=1S/C7H17NOS/c1-5(6(2)10-4)7(9)8-3/h5-9H,1-4H3/t5?,6-,7?/m0/s1. The largest absolute Gasteiger partial charge is 0.378 e. The van der Waals surface area contributed by atoms with E-state index < -0.39 is 0 Å². The Bertz CT molecular complexity index is 79.7. The third-order valence-electron chi connectivity index (χ3n) is 1.91. The van der Waals surface area contributed by atoms with Gasteiger partial charge in [-0.3, -0.25) is 5.32 Å². The number of thioether (sulfide) groups is 1. The molecule has 10 heavy (non-hydrogen) atoms. The zero-order valence-electron chi connectivity index (χ0n) is 7.09. The van der Waals surface area contributed by atoms with Crippen molar-refractivity contribution in [3.63, 3.8) is 0 Å². The number of aliphatic hydroxyl groups excluding tert-OH is 1. The van der Waals surface area contributed by atoms with Crippen molar-refractivity contribution < 1.29 is 5.11 Å². The van der Waals surface area contributed by atoms with Crippen molar-refractivity contribution in [2.24, 2.45) is 5.92 Å². The van der Waals surface area contributed by atoms with Gasteiger partial charge < -0.3 is 5.11 Å². The molecule has 3 heteroatoms. The quantitative estimate of drug-likeness (QED) is 0.604. The number of hydrogen-bond donors (Lipinski definition) is 2. The molecule has 0 saturated heterocycles. The van der Waals surface area contributed by atoms with Gasteiger partial charge in [-0.2, -0.15) is 11.8 Å². The van der Waals surface area contributed by atoms with Crippen LogP contribution in [0.2, 0.25) is 0 Å². The molecule has 0 aliphatic carbocycles. The van der Waals surface area contributed by atoms with Gasteiger partial charge in [0.15, 0.2) is 0 Å². The van der Waals surface area contributed by atoms with Crippen LogP contribution in [0.15, 0.2) is 0 Å². The molecule has 0 saturated carbocycles. The van der Waals surface area contributed by atoms with E-state index in [1.807, 2.05) is 6.92 Å². The van der Waals surface area contributed by atoms with Gasteiger partial charge in [-0.05, 0) is 13.3 Å². The van der Waals surface area contributed by atoms with E-state index in [1.165, 1.54) is 0 Å². The first-order valence-corrected chi connectivity index (χ1v) is 4.80. The summed E-state index contributed by atoms with van der Waals surface area (Å²) in [7, 11) is 1.77. The molecule has 0 rings (SSSR count). The molecule has 62 valence electrons. The van der Waals surface area contributed by atoms with Crippen LogP contribution in [0.3, 0.4) is 0 Å². The van der Waals surface area contributed by atoms with Gasteiger partial charge in [0, 0.05) is 11.2 Å². The lowest BCUT2D eigenvalue weighted by Gasteiger charge is -2.22. The van der Waals surface area contributed by atoms with Crippen molar-refractivity contribution in [1.29, 1.82) is 0 Å². The average molecular weight is 163 g/mol. The molecule has 0 aromatic rings. The Balaban J connectivity index is 3.69. The molecule has 3 atom stereocenters. The van der Waals surface area contributed by atoms with E-state index >= 15 is 0 Å². The van der Waals surface area contributed by atoms with Crippen LogP contribution in [0.5, 0.6) is 0 Å². The van der Waals surface area contributed by atoms with Crippen molar-refractivity contribution in [2.75, 3.05) is 13.3 Å². The molecular formula is C7H17NOS. The Morgan fingerprint density at radius 2 is 1.90 bits per heavy atom. The van der Waals surface area contributed by atoms with E-state index in [2.05, 4.69) is 18.5 Å². The summed E-state index contributed by atoms with van der Waals surface area (Å²) in [4.78, 5) is 0. The van der Waals surface area contributed by atoms with Crippen molar-refractivity contribution in [1.82, 2.24) is 5.32 Å². The first-order valence-electron chi connectivity index (χ1n) is 3.51. The zero-order valence-corrected chi connectivity index (χ0v) is 7.90. The van der Waals surface area contributed by atoms with E-state index in [-0.39, 0.29) is 6.23 Å². The molecule has 2 N–H and O–H groups in total. The average Bonchev–Trinajstić information content (AvgIpc) is 2.00. The second kappa shape index (κ2) is 4.99. The Labute approximate surface area is 67.4 Å². The van der Waals surface area contributed by atoms with E-state index in [0.717, 1.165) is 0 Å². The summed E-state index contributed by atoms with van der Waals surface area (Å²) in [5.41, 5.74) is 0. The Morgan fingerprint density at radius 1 is 1.40 bits per heavy atom. The van der Waals surface area contributed by atoms with E-state index in [4.69, 9.17) is 0 Å². The van der Waals surface area contributed by atoms with Crippen LogP contribution in [0.4, 0.5) is 0 Å². The highest BCUT2D eigenvalue weighted by Gasteiger charge is 2.17. The summed E-state index contributed by atoms with van der Waals surface area (Å²) in [5.74, 6) is 0.306. The van der Waals surface area contributed by atoms with Gasteiger partial charge in [-0.15, -0.1) is 0 Å². The van der Waals surface area contributed by atoms with Gasteiger partial charge in [-0.1, -0.05) is 13.8 Å². The summed E-state index contributed by atoms with van der Waals surface area (Å²) in [6.45, 7) is 4.16. The monoisotopic (exact) mass is 163 g/mol. The maximum absolute atomic E-state index is 9.30. The summed E-state index contributed by atoms with van der Waals surface area (Å²) in [5, 5.41) is 12.6. The van der Waals surface area contributed by atoms with E-state index in [1.54, 1.807) is 18.8 Å². The highest BCUT2D eigenvalue weighted by atomic mass is 32.2. The van der Waals surface area contributed by atoms with Gasteiger partial charge in [0.2, 0.25) is 0 Å². The third kappa shape index (κ3) is 2.90. The Hall–Kier alpha value is 0.270. The number of rotatable bonds is 4. The minimum Gasteiger partial charge on any atom is -0.378 e. The van der Waals surface area contributed by atoms with Gasteiger partial charge in [-0.25, -0.2) is 0 Å². The first-order chi connectivity index (χ1) is 4.63. The van der Waals surface area contributed by atoms with Crippen LogP contribution >= 0.6 is 11.8 Å². The topological polar surface area (TPSA) is 32.3 Å². The SMILES string of the molecule is CNC(O)C(C)[C@H](C)SC. The molecule has 0 amide bonds. The molecule has 2 unspecified atom stereocenters. The third-order valence-corrected chi connectivity index (χ3v) is 3.08. The van der Waals surface area contributed by atoms with Crippen molar-refractivity contribution in [3.8, 4) is 0 Å². The second-order valence-electron chi connectivity index (χ2n) is 2.53. The van der Waals surface area contributed by atoms with Crippen LogP contribution < -0.4 is 5.32 Å². The minimum atomic E-state index is -0.373. The molecule has 0 heterocycles. The van der Waals surface area contributed by atoms with Crippen LogP contribution in [-0.2, 0) is 0 Å². The molecule has 0 fully saturated rings. The lowest BCUT2D eigenvalue weighted by atomic mass is 10.1. The minimum absolute atomic E-state index is 0.306. The summed E-state index contributed by atoms with van der Waals surface area (Å²) < 4.78 is 0. The van der Waals surface area contributed by atoms with Crippen LogP contribution in [0.25, 0.3) is 0 Å². The fourth-order valence-corrected chi connectivity index (χ4v) is 1.31. The molecule has 0 aromatic heterocycles. The molecular weight excluding hydrogens is 146 g/mol. The fraction of sp³-hybridized carbons (Fsp3) is 1.00. The predicted molar refractivity (Wildman–Crippen MR) is 47.2 cm³/mol. The molecule has 0 aliphatic heterocycles. The summed E-state index contributed by atoms with van der Waals surface area (Å²) in [6.07, 6.45) is 1.69. The fourth-order valence-electron chi connectivity index (χ4n) is 0.734. The lowest BCUT2D eigenvalue weighted by molar-refractivity contribution is 0.0915. The molecule has 2 nitrogen and oxygen atoms in total. The molecule has 0 spiro atoms. The Kier molecular flexibility index (Phi) is 5.13. The van der Waals surface area contributed by atoms with Crippen molar-refractivity contribution in [2.45, 2.75) is 25.3 Å². The van der Waals surface area contributed by atoms with E-state index in [0.29, 0.717) is 11.2 Å². The van der Waals surface area contributed by atoms with E-state index in [9.17, 15) is 5.11 Å². The van der Waals surface area contributed by atoms with Gasteiger partial charge >= 0.3 is 0 Å². The molecule has 0 radical (unpaired) electrons. The molecule has 0 aliphatic rings. The summed E-state index contributed by atoms with van der Waals surface area (Å²) in [6, 6.07) is 0. The molecule has 0 aromatic carbocycles. The number of nitrogens with one attached hydrogen (secondary N) is 1. The highest BCUT2D eigenvalue weighted by molar-refractivity contribution is 7.99. The second-order valence-corrected chi connectivity index (χ2v) is 3.75. The van der Waals surface area contributed by atoms with Gasteiger partial charge in [0.05, 0.1) is 0 Å². The van der Waals surface area contributed by atoms with Crippen molar-refractivity contribution in [3.05, 3.63) is 0 Å². The van der Waals surface area contributed by atoms with Crippen molar-refractivity contribution >= 4 is 11.8 Å². The van der Waals surface area contributed by atoms with Crippen LogP contribution in [0, 0.1) is 5.92 Å². The normalized spacial score (nSPS) is 20.1. The highest BCUT2D eigenvalue weighted by Crippen LogP contribution is 2.17. The van der Waals surface area contributed by atoms with Gasteiger partial charge in [0.1, 0.15) is 6.23 Å². The molecule has 0 bridgehead atoms. The Morgan fingerprint density at radius 3 is 2.20 bits per heavy atom. The zero-order chi connectivity index (χ0) is 8.15. The first kappa shape index (κ1) is 10.3. The maximum atomic E-state index is 9.30. The smallest absolute Gasteiger partial charge is 0.108 e. The maximum Gasteiger partial charge on any atom is 0.108 e. The van der Waals surface area contributed by atoms with Crippen LogP contribution in [0.1, 0.15) is 13.8 Å². The lowest BCUT2D eigenvalue weighted by Crippen LogP contribution is -2.35.